The van der Waals surface area contributed by atoms with Gasteiger partial charge in [-0.25, -0.2) is 0 Å². The maximum Gasteiger partial charge on any atom is 0.242 e. The van der Waals surface area contributed by atoms with Gasteiger partial charge in [0.15, 0.2) is 6.10 Å². The Kier molecular flexibility index (Phi) is 1.09. The summed E-state index contributed by atoms with van der Waals surface area (Å²) in [6.07, 6.45) is -0.620. The van der Waals surface area contributed by atoms with Crippen LogP contribution in [-0.2, 0) is 9.53 Å². The molecule has 0 aromatic carbocycles. The lowest BCUT2D eigenvalue weighted by molar-refractivity contribution is -0.122. The molecule has 0 saturated carbocycles. The van der Waals surface area contributed by atoms with Gasteiger partial charge in [-0.05, 0) is 6.92 Å². The highest BCUT2D eigenvalue weighted by Gasteiger charge is 2.29. The summed E-state index contributed by atoms with van der Waals surface area (Å²) in [4.78, 5) is 10.6. The molecule has 3 N–H and O–H groups in total. The first-order valence-corrected chi connectivity index (χ1v) is 2.52. The predicted octanol–water partition coefficient (Wildman–Crippen LogP) is -0.340. The molecule has 1 rings (SSSR count). The normalized spacial score (nSPS) is 26.8. The molecule has 0 aliphatic carbocycles. The molecule has 0 radical (unpaired) electrons. The second-order valence-electron chi connectivity index (χ2n) is 1.84. The number of hydrogen-bond donors (Lipinski definition) is 2. The Morgan fingerprint density at radius 3 is 2.44 bits per heavy atom. The van der Waals surface area contributed by atoms with E-state index in [4.69, 9.17) is 10.8 Å². The maximum absolute atomic E-state index is 10.6. The molecule has 0 bridgehead atoms. The molecular formula is C5H7NO3. The van der Waals surface area contributed by atoms with E-state index in [1.54, 1.807) is 0 Å². The fourth-order valence-corrected chi connectivity index (χ4v) is 0.614. The molecule has 1 atom stereocenters. The maximum atomic E-state index is 10.6. The van der Waals surface area contributed by atoms with Gasteiger partial charge in [0, 0.05) is 0 Å². The van der Waals surface area contributed by atoms with Gasteiger partial charge < -0.3 is 15.6 Å². The van der Waals surface area contributed by atoms with Gasteiger partial charge in [-0.1, -0.05) is 0 Å². The van der Waals surface area contributed by atoms with Crippen LogP contribution in [0, 0.1) is 0 Å². The highest BCUT2D eigenvalue weighted by Crippen LogP contribution is 2.14. The van der Waals surface area contributed by atoms with Crippen molar-refractivity contribution in [2.24, 2.45) is 5.73 Å². The van der Waals surface area contributed by atoms with Gasteiger partial charge in [-0.15, -0.1) is 0 Å². The Labute approximate surface area is 51.9 Å². The number of rotatable bonds is 0. The quantitative estimate of drug-likeness (QED) is 0.469. The summed E-state index contributed by atoms with van der Waals surface area (Å²) in [6, 6.07) is 0. The summed E-state index contributed by atoms with van der Waals surface area (Å²) < 4.78 is 4.64. The highest BCUT2D eigenvalue weighted by molar-refractivity contribution is 5.98. The molecule has 0 amide bonds. The third-order valence-corrected chi connectivity index (χ3v) is 1.14. The fraction of sp³-hybridized carbons (Fsp3) is 0.400. The monoisotopic (exact) mass is 129 g/mol. The first-order chi connectivity index (χ1) is 4.13. The molecule has 0 fully saturated rings. The smallest absolute Gasteiger partial charge is 0.242 e. The van der Waals surface area contributed by atoms with Gasteiger partial charge in [-0.3, -0.25) is 4.79 Å². The van der Waals surface area contributed by atoms with Crippen LogP contribution >= 0.6 is 0 Å². The molecule has 50 valence electrons. The number of aliphatic hydroxyl groups excluding tert-OH is 1. The van der Waals surface area contributed by atoms with Gasteiger partial charge in [0.1, 0.15) is 0 Å². The van der Waals surface area contributed by atoms with Crippen molar-refractivity contribution in [2.45, 2.75) is 13.0 Å². The zero-order chi connectivity index (χ0) is 7.02. The first-order valence-electron chi connectivity index (χ1n) is 2.52. The Hall–Kier alpha value is -1.19. The molecule has 9 heavy (non-hydrogen) atoms. The minimum Gasteiger partial charge on any atom is -0.501 e. The minimum atomic E-state index is -0.620. The molecule has 1 aliphatic heterocycles. The summed E-state index contributed by atoms with van der Waals surface area (Å²) in [5.74, 6) is -1.08. The molecule has 0 aromatic rings. The van der Waals surface area contributed by atoms with Crippen LogP contribution in [0.1, 0.15) is 6.92 Å². The third kappa shape index (κ3) is 0.718. The predicted molar refractivity (Wildman–Crippen MR) is 29.4 cm³/mol. The minimum absolute atomic E-state index is 0.174. The van der Waals surface area contributed by atoms with Crippen molar-refractivity contribution in [1.29, 1.82) is 0 Å². The third-order valence-electron chi connectivity index (χ3n) is 1.14. The molecule has 1 heterocycles. The zero-order valence-electron chi connectivity index (χ0n) is 4.92. The Bertz CT molecular complexity index is 185. The Balaban J connectivity index is 2.87. The van der Waals surface area contributed by atoms with E-state index in [2.05, 4.69) is 4.74 Å². The summed E-state index contributed by atoms with van der Waals surface area (Å²) in [5, 5.41) is 8.72. The average Bonchev–Trinajstić information content (AvgIpc) is 1.98. The van der Waals surface area contributed by atoms with Gasteiger partial charge in [0.2, 0.25) is 17.4 Å². The molecule has 0 aromatic heterocycles. The summed E-state index contributed by atoms with van der Waals surface area (Å²) in [7, 11) is 0. The number of ketones is 1. The first kappa shape index (κ1) is 5.94. The standard InChI is InChI=1S/C5H7NO3/c1-2-3(7)4(8)5(6)9-2/h2,8H,6H2,1H3/t2-/m1/s1. The van der Waals surface area contributed by atoms with Gasteiger partial charge in [0.25, 0.3) is 0 Å². The van der Waals surface area contributed by atoms with E-state index in [1.807, 2.05) is 0 Å². The van der Waals surface area contributed by atoms with Crippen molar-refractivity contribution in [3.63, 3.8) is 0 Å². The van der Waals surface area contributed by atoms with Crippen LogP contribution in [0.5, 0.6) is 0 Å². The number of carbonyl (C=O) groups excluding carboxylic acids is 1. The van der Waals surface area contributed by atoms with Crippen LogP contribution in [0.4, 0.5) is 0 Å². The molecule has 4 nitrogen and oxygen atoms in total. The van der Waals surface area contributed by atoms with Gasteiger partial charge in [0.05, 0.1) is 0 Å². The van der Waals surface area contributed by atoms with Gasteiger partial charge >= 0.3 is 0 Å². The second kappa shape index (κ2) is 1.65. The van der Waals surface area contributed by atoms with Crippen molar-refractivity contribution in [1.82, 2.24) is 0 Å². The van der Waals surface area contributed by atoms with Crippen molar-refractivity contribution in [3.8, 4) is 0 Å². The number of nitrogens with two attached hydrogens (primary N) is 1. The fourth-order valence-electron chi connectivity index (χ4n) is 0.614. The number of Topliss-reactive ketones (excluding diaryl/α,β-unsaturated/α-hetero) is 1. The Morgan fingerprint density at radius 1 is 1.78 bits per heavy atom. The van der Waals surface area contributed by atoms with Gasteiger partial charge in [-0.2, -0.15) is 0 Å². The van der Waals surface area contributed by atoms with E-state index in [0.717, 1.165) is 0 Å². The Morgan fingerprint density at radius 2 is 2.33 bits per heavy atom. The van der Waals surface area contributed by atoms with Crippen LogP contribution in [0.25, 0.3) is 0 Å². The van der Waals surface area contributed by atoms with Crippen LogP contribution in [-0.4, -0.2) is 17.0 Å². The van der Waals surface area contributed by atoms with Crippen molar-refractivity contribution in [3.05, 3.63) is 11.6 Å². The van der Waals surface area contributed by atoms with Crippen LogP contribution in [0.15, 0.2) is 11.6 Å². The lowest BCUT2D eigenvalue weighted by Crippen LogP contribution is -2.13. The van der Waals surface area contributed by atoms with E-state index < -0.39 is 17.6 Å². The van der Waals surface area contributed by atoms with Crippen molar-refractivity contribution < 1.29 is 14.6 Å². The average molecular weight is 129 g/mol. The highest BCUT2D eigenvalue weighted by atomic mass is 16.5. The number of carbonyl (C=O) groups is 1. The SMILES string of the molecule is C[C@H]1OC(N)=C(O)C1=O. The number of ether oxygens (including phenoxy) is 1. The molecule has 0 saturated heterocycles. The van der Waals surface area contributed by atoms with E-state index >= 15 is 0 Å². The molecular weight excluding hydrogens is 122 g/mol. The largest absolute Gasteiger partial charge is 0.501 e. The van der Waals surface area contributed by atoms with Crippen LogP contribution in [0.3, 0.4) is 0 Å². The van der Waals surface area contributed by atoms with E-state index in [9.17, 15) is 4.79 Å². The lowest BCUT2D eigenvalue weighted by atomic mass is 10.2. The van der Waals surface area contributed by atoms with Crippen molar-refractivity contribution in [2.75, 3.05) is 0 Å². The summed E-state index contributed by atoms with van der Waals surface area (Å²) >= 11 is 0. The van der Waals surface area contributed by atoms with Crippen LogP contribution in [0.2, 0.25) is 0 Å². The molecule has 0 unspecified atom stereocenters. The van der Waals surface area contributed by atoms with E-state index in [0.29, 0.717) is 0 Å². The molecule has 1 aliphatic rings. The summed E-state index contributed by atoms with van der Waals surface area (Å²) in [5.41, 5.74) is 5.05. The second-order valence-corrected chi connectivity index (χ2v) is 1.84. The molecule has 4 heteroatoms. The van der Waals surface area contributed by atoms with Crippen molar-refractivity contribution >= 4 is 5.78 Å². The summed E-state index contributed by atoms with van der Waals surface area (Å²) in [6.45, 7) is 1.53. The number of aliphatic hydroxyl groups is 1. The zero-order valence-corrected chi connectivity index (χ0v) is 4.92. The van der Waals surface area contributed by atoms with E-state index in [1.165, 1.54) is 6.92 Å². The number of hydrogen-bond acceptors (Lipinski definition) is 4. The lowest BCUT2D eigenvalue weighted by Gasteiger charge is -1.98. The van der Waals surface area contributed by atoms with E-state index in [-0.39, 0.29) is 5.88 Å². The molecule has 0 spiro atoms. The topological polar surface area (TPSA) is 72.6 Å². The van der Waals surface area contributed by atoms with Crippen LogP contribution < -0.4 is 5.73 Å².